The summed E-state index contributed by atoms with van der Waals surface area (Å²) in [4.78, 5) is 14.6. The van der Waals surface area contributed by atoms with E-state index in [-0.39, 0.29) is 24.3 Å². The van der Waals surface area contributed by atoms with Gasteiger partial charge < -0.3 is 9.73 Å². The van der Waals surface area contributed by atoms with Crippen LogP contribution < -0.4 is 5.32 Å². The molecule has 1 unspecified atom stereocenters. The van der Waals surface area contributed by atoms with E-state index in [2.05, 4.69) is 5.32 Å². The van der Waals surface area contributed by atoms with Gasteiger partial charge >= 0.3 is 0 Å². The van der Waals surface area contributed by atoms with Crippen LogP contribution in [0.15, 0.2) is 77.4 Å². The van der Waals surface area contributed by atoms with E-state index in [0.717, 1.165) is 16.9 Å². The van der Waals surface area contributed by atoms with Crippen molar-refractivity contribution in [2.45, 2.75) is 26.1 Å². The molecule has 3 aromatic rings. The lowest BCUT2D eigenvalue weighted by atomic mass is 10.1. The van der Waals surface area contributed by atoms with Crippen molar-refractivity contribution in [2.75, 3.05) is 6.54 Å². The predicted molar refractivity (Wildman–Crippen MR) is 102 cm³/mol. The molecular formula is C22H23FN2O2. The third-order valence-corrected chi connectivity index (χ3v) is 4.32. The number of halogens is 1. The molecule has 4 nitrogen and oxygen atoms in total. The summed E-state index contributed by atoms with van der Waals surface area (Å²) in [5.74, 6) is 0.435. The van der Waals surface area contributed by atoms with E-state index >= 15 is 0 Å². The highest BCUT2D eigenvalue weighted by Crippen LogP contribution is 2.14. The molecule has 0 saturated carbocycles. The highest BCUT2D eigenvalue weighted by molar-refractivity contribution is 5.78. The Balaban J connectivity index is 1.63. The summed E-state index contributed by atoms with van der Waals surface area (Å²) in [6, 6.07) is 19.7. The molecule has 1 amide bonds. The molecule has 0 aliphatic rings. The number of hydrogen-bond acceptors (Lipinski definition) is 3. The summed E-state index contributed by atoms with van der Waals surface area (Å²) >= 11 is 0. The summed E-state index contributed by atoms with van der Waals surface area (Å²) in [6.45, 7) is 3.31. The summed E-state index contributed by atoms with van der Waals surface area (Å²) in [6.07, 6.45) is 1.63. The molecule has 5 heteroatoms. The molecule has 1 atom stereocenters. The highest BCUT2D eigenvalue weighted by Gasteiger charge is 2.16. The average Bonchev–Trinajstić information content (AvgIpc) is 3.16. The summed E-state index contributed by atoms with van der Waals surface area (Å²) < 4.78 is 18.5. The molecule has 0 bridgehead atoms. The Bertz CT molecular complexity index is 833. The van der Waals surface area contributed by atoms with Gasteiger partial charge in [0.05, 0.1) is 25.4 Å². The van der Waals surface area contributed by atoms with E-state index in [9.17, 15) is 9.18 Å². The Hall–Kier alpha value is -2.92. The van der Waals surface area contributed by atoms with Gasteiger partial charge in [-0.2, -0.15) is 0 Å². The molecule has 1 heterocycles. The Labute approximate surface area is 158 Å². The minimum Gasteiger partial charge on any atom is -0.468 e. The molecule has 27 heavy (non-hydrogen) atoms. The van der Waals surface area contributed by atoms with Crippen molar-refractivity contribution in [1.82, 2.24) is 10.2 Å². The molecule has 2 aromatic carbocycles. The van der Waals surface area contributed by atoms with E-state index in [4.69, 9.17) is 4.42 Å². The monoisotopic (exact) mass is 366 g/mol. The summed E-state index contributed by atoms with van der Waals surface area (Å²) in [5, 5.41) is 2.98. The van der Waals surface area contributed by atoms with Crippen molar-refractivity contribution in [2.24, 2.45) is 0 Å². The average molecular weight is 366 g/mol. The molecule has 0 saturated heterocycles. The SMILES string of the molecule is CC(NC(=O)CN(Cc1ccccc1)Cc1ccco1)c1ccc(F)cc1. The molecule has 1 aromatic heterocycles. The summed E-state index contributed by atoms with van der Waals surface area (Å²) in [5.41, 5.74) is 1.99. The van der Waals surface area contributed by atoms with Gasteiger partial charge in [0.1, 0.15) is 11.6 Å². The lowest BCUT2D eigenvalue weighted by Crippen LogP contribution is -2.37. The van der Waals surface area contributed by atoms with Gasteiger partial charge in [0.2, 0.25) is 5.91 Å². The number of benzene rings is 2. The smallest absolute Gasteiger partial charge is 0.234 e. The largest absolute Gasteiger partial charge is 0.468 e. The van der Waals surface area contributed by atoms with Gasteiger partial charge in [0.15, 0.2) is 0 Å². The van der Waals surface area contributed by atoms with E-state index in [0.29, 0.717) is 13.1 Å². The lowest BCUT2D eigenvalue weighted by molar-refractivity contribution is -0.123. The Morgan fingerprint density at radius 2 is 1.78 bits per heavy atom. The van der Waals surface area contributed by atoms with Crippen LogP contribution in [0.1, 0.15) is 29.9 Å². The first-order valence-electron chi connectivity index (χ1n) is 8.93. The van der Waals surface area contributed by atoms with Crippen molar-refractivity contribution >= 4 is 5.91 Å². The van der Waals surface area contributed by atoms with Crippen LogP contribution in [0.4, 0.5) is 4.39 Å². The zero-order chi connectivity index (χ0) is 19.1. The van der Waals surface area contributed by atoms with E-state index in [1.807, 2.05) is 54.3 Å². The van der Waals surface area contributed by atoms with Crippen LogP contribution in [0.2, 0.25) is 0 Å². The van der Waals surface area contributed by atoms with Crippen molar-refractivity contribution in [1.29, 1.82) is 0 Å². The van der Waals surface area contributed by atoms with Crippen molar-refractivity contribution in [3.05, 3.63) is 95.7 Å². The molecule has 0 spiro atoms. The summed E-state index contributed by atoms with van der Waals surface area (Å²) in [7, 11) is 0. The first kappa shape index (κ1) is 18.9. The maximum absolute atomic E-state index is 13.1. The second-order valence-corrected chi connectivity index (χ2v) is 6.55. The lowest BCUT2D eigenvalue weighted by Gasteiger charge is -2.22. The van der Waals surface area contributed by atoms with Gasteiger partial charge in [-0.15, -0.1) is 0 Å². The van der Waals surface area contributed by atoms with E-state index < -0.39 is 0 Å². The van der Waals surface area contributed by atoms with Gasteiger partial charge in [-0.25, -0.2) is 4.39 Å². The van der Waals surface area contributed by atoms with Crippen LogP contribution in [0.25, 0.3) is 0 Å². The molecule has 140 valence electrons. The fraction of sp³-hybridized carbons (Fsp3) is 0.227. The first-order chi connectivity index (χ1) is 13.1. The standard InChI is InChI=1S/C22H23FN2O2/c1-17(19-9-11-20(23)12-10-19)24-22(26)16-25(15-21-8-5-13-27-21)14-18-6-3-2-4-7-18/h2-13,17H,14-16H2,1H3,(H,24,26). The number of hydrogen-bond donors (Lipinski definition) is 1. The second kappa shape index (κ2) is 9.14. The number of furan rings is 1. The molecule has 0 aliphatic carbocycles. The highest BCUT2D eigenvalue weighted by atomic mass is 19.1. The quantitative estimate of drug-likeness (QED) is 0.647. The van der Waals surface area contributed by atoms with Gasteiger partial charge in [-0.1, -0.05) is 42.5 Å². The fourth-order valence-electron chi connectivity index (χ4n) is 2.96. The normalized spacial score (nSPS) is 12.1. The zero-order valence-corrected chi connectivity index (χ0v) is 15.3. The van der Waals surface area contributed by atoms with Gasteiger partial charge in [0, 0.05) is 6.54 Å². The van der Waals surface area contributed by atoms with Crippen LogP contribution >= 0.6 is 0 Å². The number of carbonyl (C=O) groups is 1. The van der Waals surface area contributed by atoms with Crippen molar-refractivity contribution in [3.8, 4) is 0 Å². The van der Waals surface area contributed by atoms with Crippen LogP contribution in [-0.4, -0.2) is 17.4 Å². The number of rotatable bonds is 8. The molecular weight excluding hydrogens is 343 g/mol. The number of amides is 1. The maximum Gasteiger partial charge on any atom is 0.234 e. The zero-order valence-electron chi connectivity index (χ0n) is 15.3. The van der Waals surface area contributed by atoms with Crippen LogP contribution in [-0.2, 0) is 17.9 Å². The van der Waals surface area contributed by atoms with Crippen LogP contribution in [0.3, 0.4) is 0 Å². The molecule has 3 rings (SSSR count). The van der Waals surface area contributed by atoms with Crippen molar-refractivity contribution in [3.63, 3.8) is 0 Å². The van der Waals surface area contributed by atoms with Gasteiger partial charge in [-0.05, 0) is 42.3 Å². The number of carbonyl (C=O) groups excluding carboxylic acids is 1. The van der Waals surface area contributed by atoms with E-state index in [1.165, 1.54) is 12.1 Å². The van der Waals surface area contributed by atoms with Gasteiger partial charge in [0.25, 0.3) is 0 Å². The van der Waals surface area contributed by atoms with Crippen LogP contribution in [0.5, 0.6) is 0 Å². The third-order valence-electron chi connectivity index (χ3n) is 4.32. The van der Waals surface area contributed by atoms with Crippen molar-refractivity contribution < 1.29 is 13.6 Å². The van der Waals surface area contributed by atoms with E-state index in [1.54, 1.807) is 18.4 Å². The molecule has 0 radical (unpaired) electrons. The number of nitrogens with one attached hydrogen (secondary N) is 1. The predicted octanol–water partition coefficient (Wildman–Crippen LogP) is 4.30. The Morgan fingerprint density at radius 1 is 1.04 bits per heavy atom. The third kappa shape index (κ3) is 5.79. The number of nitrogens with zero attached hydrogens (tertiary/aromatic N) is 1. The first-order valence-corrected chi connectivity index (χ1v) is 8.93. The molecule has 0 aliphatic heterocycles. The minimum absolute atomic E-state index is 0.0886. The maximum atomic E-state index is 13.1. The Morgan fingerprint density at radius 3 is 2.44 bits per heavy atom. The molecule has 0 fully saturated rings. The topological polar surface area (TPSA) is 45.5 Å². The Kier molecular flexibility index (Phi) is 6.39. The van der Waals surface area contributed by atoms with Gasteiger partial charge in [-0.3, -0.25) is 9.69 Å². The minimum atomic E-state index is -0.287. The second-order valence-electron chi connectivity index (χ2n) is 6.55. The fourth-order valence-corrected chi connectivity index (χ4v) is 2.96. The van der Waals surface area contributed by atoms with Crippen LogP contribution in [0, 0.1) is 5.82 Å². The molecule has 1 N–H and O–H groups in total.